The van der Waals surface area contributed by atoms with Crippen molar-refractivity contribution >= 4 is 23.7 Å². The van der Waals surface area contributed by atoms with Gasteiger partial charge >= 0.3 is 70.2 Å². The number of hydrogen-bond donors (Lipinski definition) is 0. The molecular formula is Cl2KLiO2. The van der Waals surface area contributed by atoms with Crippen LogP contribution in [0.25, 0.3) is 0 Å². The van der Waals surface area contributed by atoms with Gasteiger partial charge in [-0.3, -0.25) is 0 Å². The number of hydrogen-bond acceptors (Lipinski definition) is 2. The molecule has 0 N–H and O–H groups in total. The van der Waals surface area contributed by atoms with E-state index < -0.39 is 0 Å². The Morgan fingerprint density at radius 3 is 0.833 bits per heavy atom. The second-order valence-electron chi connectivity index (χ2n) is 0. The van der Waals surface area contributed by atoms with Crippen LogP contribution in [0, 0.1) is 0 Å². The first-order valence-electron chi connectivity index (χ1n) is 0.309. The van der Waals surface area contributed by atoms with Gasteiger partial charge in [-0.1, -0.05) is 0 Å². The Hall–Kier alpha value is 2.73. The van der Waals surface area contributed by atoms with Gasteiger partial charge in [0.25, 0.3) is 0 Å². The SMILES string of the molecule is [K+].[Li+].[O-]Cl.[O-]Cl. The summed E-state index contributed by atoms with van der Waals surface area (Å²) >= 11 is 6.78. The molecular weight excluding hydrogens is 149 g/mol. The van der Waals surface area contributed by atoms with Gasteiger partial charge in [-0.15, -0.1) is 0 Å². The summed E-state index contributed by atoms with van der Waals surface area (Å²) in [5.74, 6) is 0. The molecule has 0 aromatic rings. The Morgan fingerprint density at radius 1 is 0.833 bits per heavy atom. The Bertz CT molecular complexity index is 11.5. The molecule has 0 fully saturated rings. The fourth-order valence-electron chi connectivity index (χ4n) is 0. The summed E-state index contributed by atoms with van der Waals surface area (Å²) in [5, 5.41) is 0. The van der Waals surface area contributed by atoms with Crippen LogP contribution in [-0.2, 0) is 0 Å². The van der Waals surface area contributed by atoms with Crippen LogP contribution in [0.1, 0.15) is 0 Å². The van der Waals surface area contributed by atoms with E-state index in [9.17, 15) is 0 Å². The normalized spacial score (nSPS) is 2.00. The van der Waals surface area contributed by atoms with E-state index >= 15 is 0 Å². The smallest absolute Gasteiger partial charge is 0.769 e. The van der Waals surface area contributed by atoms with Gasteiger partial charge in [-0.2, -0.15) is 0 Å². The molecule has 6 heavy (non-hydrogen) atoms. The van der Waals surface area contributed by atoms with Crippen LogP contribution in [0.2, 0.25) is 0 Å². The number of halogens is 2. The average molecular weight is 149 g/mol. The van der Waals surface area contributed by atoms with Crippen LogP contribution in [0.3, 0.4) is 0 Å². The fourth-order valence-corrected chi connectivity index (χ4v) is 0. The number of rotatable bonds is 0. The zero-order valence-electron chi connectivity index (χ0n) is 3.57. The summed E-state index contributed by atoms with van der Waals surface area (Å²) in [5.41, 5.74) is 0. The summed E-state index contributed by atoms with van der Waals surface area (Å²) in [6.07, 6.45) is 0. The van der Waals surface area contributed by atoms with Gasteiger partial charge in [-0.05, 0) is 0 Å². The van der Waals surface area contributed by atoms with Crippen molar-refractivity contribution in [3.8, 4) is 0 Å². The minimum atomic E-state index is 0. The van der Waals surface area contributed by atoms with Gasteiger partial charge in [0.05, 0.1) is 0 Å². The van der Waals surface area contributed by atoms with Gasteiger partial charge < -0.3 is 9.32 Å². The molecule has 2 nitrogen and oxygen atoms in total. The molecule has 0 saturated heterocycles. The topological polar surface area (TPSA) is 46.1 Å². The molecule has 0 spiro atoms. The largest absolute Gasteiger partial charge is 1.00 e. The molecule has 0 unspecified atom stereocenters. The predicted octanol–water partition coefficient (Wildman–Crippen LogP) is -6.99. The van der Waals surface area contributed by atoms with Crippen LogP contribution in [0.4, 0.5) is 0 Å². The Morgan fingerprint density at radius 2 is 0.833 bits per heavy atom. The zero-order chi connectivity index (χ0) is 4.00. The monoisotopic (exact) mass is 148 g/mol. The molecule has 0 rings (SSSR count). The van der Waals surface area contributed by atoms with Crippen LogP contribution >= 0.6 is 23.7 Å². The van der Waals surface area contributed by atoms with E-state index in [0.29, 0.717) is 0 Å². The molecule has 0 heterocycles. The molecule has 0 saturated carbocycles. The summed E-state index contributed by atoms with van der Waals surface area (Å²) < 4.78 is 15.4. The van der Waals surface area contributed by atoms with E-state index in [-0.39, 0.29) is 70.2 Å². The molecule has 0 aliphatic carbocycles. The van der Waals surface area contributed by atoms with Crippen LogP contribution in [0.5, 0.6) is 0 Å². The molecule has 0 aromatic carbocycles. The van der Waals surface area contributed by atoms with E-state index in [0.717, 1.165) is 0 Å². The third-order valence-electron chi connectivity index (χ3n) is 0. The summed E-state index contributed by atoms with van der Waals surface area (Å²) in [4.78, 5) is 0. The molecule has 0 atom stereocenters. The molecule has 0 aliphatic heterocycles. The molecule has 6 heteroatoms. The Balaban J connectivity index is -0.00000000500. The molecule has 28 valence electrons. The van der Waals surface area contributed by atoms with E-state index in [4.69, 9.17) is 9.32 Å². The van der Waals surface area contributed by atoms with Gasteiger partial charge in [0.2, 0.25) is 0 Å². The predicted molar refractivity (Wildman–Crippen MR) is 11.7 cm³/mol. The maximum atomic E-state index is 7.72. The summed E-state index contributed by atoms with van der Waals surface area (Å²) in [7, 11) is 0. The van der Waals surface area contributed by atoms with Crippen LogP contribution < -0.4 is 79.6 Å². The van der Waals surface area contributed by atoms with E-state index in [1.54, 1.807) is 0 Å². The van der Waals surface area contributed by atoms with Crippen molar-refractivity contribution in [1.29, 1.82) is 0 Å². The molecule has 0 amide bonds. The second kappa shape index (κ2) is 46.9. The quantitative estimate of drug-likeness (QED) is 0.321. The van der Waals surface area contributed by atoms with Crippen molar-refractivity contribution in [2.75, 3.05) is 0 Å². The Kier molecular flexibility index (Phi) is 182. The van der Waals surface area contributed by atoms with Gasteiger partial charge in [0.1, 0.15) is 0 Å². The standard InChI is InChI=1S/2ClO.K.Li/c2*1-2;;/q2*-1;2*+1. The molecule has 0 bridgehead atoms. The molecule has 0 aromatic heterocycles. The maximum Gasteiger partial charge on any atom is 1.00 e. The molecule has 0 aliphatic rings. The third kappa shape index (κ3) is 29.6. The first-order chi connectivity index (χ1) is 2.00. The second-order valence-corrected chi connectivity index (χ2v) is 0. The van der Waals surface area contributed by atoms with Crippen molar-refractivity contribution in [3.05, 3.63) is 0 Å². The first kappa shape index (κ1) is 23.3. The van der Waals surface area contributed by atoms with Crippen molar-refractivity contribution in [2.24, 2.45) is 0 Å². The van der Waals surface area contributed by atoms with Crippen LogP contribution in [-0.4, -0.2) is 0 Å². The van der Waals surface area contributed by atoms with Crippen molar-refractivity contribution < 1.29 is 79.6 Å². The van der Waals surface area contributed by atoms with Crippen LogP contribution in [0.15, 0.2) is 0 Å². The fraction of sp³-hybridized carbons (Fsp3) is 0. The van der Waals surface area contributed by atoms with E-state index in [2.05, 4.69) is 23.7 Å². The third-order valence-corrected chi connectivity index (χ3v) is 0. The zero-order valence-corrected chi connectivity index (χ0v) is 8.21. The summed E-state index contributed by atoms with van der Waals surface area (Å²) in [6, 6.07) is 0. The average Bonchev–Trinajstić information content (AvgIpc) is 1.50. The van der Waals surface area contributed by atoms with Crippen molar-refractivity contribution in [2.45, 2.75) is 0 Å². The van der Waals surface area contributed by atoms with E-state index in [1.807, 2.05) is 0 Å². The van der Waals surface area contributed by atoms with Crippen molar-refractivity contribution in [1.82, 2.24) is 0 Å². The van der Waals surface area contributed by atoms with Gasteiger partial charge in [0, 0.05) is 0 Å². The minimum Gasteiger partial charge on any atom is -0.769 e. The summed E-state index contributed by atoms with van der Waals surface area (Å²) in [6.45, 7) is 0. The van der Waals surface area contributed by atoms with Gasteiger partial charge in [-0.25, -0.2) is 23.7 Å². The van der Waals surface area contributed by atoms with Crippen molar-refractivity contribution in [3.63, 3.8) is 0 Å². The molecule has 0 radical (unpaired) electrons. The van der Waals surface area contributed by atoms with E-state index in [1.165, 1.54) is 0 Å². The Labute approximate surface area is 101 Å². The maximum absolute atomic E-state index is 7.72. The first-order valence-corrected chi connectivity index (χ1v) is 0.926. The minimum absolute atomic E-state index is 0. The van der Waals surface area contributed by atoms with Gasteiger partial charge in [0.15, 0.2) is 0 Å².